The Morgan fingerprint density at radius 3 is 2.80 bits per heavy atom. The minimum absolute atomic E-state index is 0.504. The Kier molecular flexibility index (Phi) is 3.24. The van der Waals surface area contributed by atoms with Gasteiger partial charge < -0.3 is 9.64 Å². The van der Waals surface area contributed by atoms with E-state index < -0.39 is 0 Å². The lowest BCUT2D eigenvalue weighted by atomic mass is 10.4. The van der Waals surface area contributed by atoms with Crippen LogP contribution in [0, 0.1) is 0 Å². The molecular formula is C10H13N3O2. The van der Waals surface area contributed by atoms with Gasteiger partial charge in [-0.25, -0.2) is 9.97 Å². The van der Waals surface area contributed by atoms with Crippen molar-refractivity contribution in [1.82, 2.24) is 9.97 Å². The van der Waals surface area contributed by atoms with Crippen LogP contribution in [0.4, 0.5) is 5.95 Å². The predicted molar refractivity (Wildman–Crippen MR) is 55.1 cm³/mol. The Morgan fingerprint density at radius 1 is 1.27 bits per heavy atom. The Balaban J connectivity index is 2.09. The van der Waals surface area contributed by atoms with E-state index in [4.69, 9.17) is 4.74 Å². The molecule has 1 aliphatic rings. The van der Waals surface area contributed by atoms with Crippen molar-refractivity contribution in [2.75, 3.05) is 31.2 Å². The van der Waals surface area contributed by atoms with Crippen LogP contribution in [0.3, 0.4) is 0 Å². The van der Waals surface area contributed by atoms with Gasteiger partial charge in [0.2, 0.25) is 5.95 Å². The van der Waals surface area contributed by atoms with Gasteiger partial charge in [0.25, 0.3) is 0 Å². The van der Waals surface area contributed by atoms with Crippen molar-refractivity contribution >= 4 is 12.2 Å². The molecule has 80 valence electrons. The first-order valence-electron chi connectivity index (χ1n) is 5.00. The third kappa shape index (κ3) is 2.50. The summed E-state index contributed by atoms with van der Waals surface area (Å²) in [6.45, 7) is 3.21. The number of carbonyl (C=O) groups excluding carboxylic acids is 1. The van der Waals surface area contributed by atoms with Gasteiger partial charge in [-0.05, 0) is 6.42 Å². The van der Waals surface area contributed by atoms with E-state index in [1.54, 1.807) is 12.4 Å². The highest BCUT2D eigenvalue weighted by molar-refractivity contribution is 5.73. The Labute approximate surface area is 88.1 Å². The summed E-state index contributed by atoms with van der Waals surface area (Å²) in [5, 5.41) is 0. The van der Waals surface area contributed by atoms with Crippen molar-refractivity contribution < 1.29 is 9.53 Å². The van der Waals surface area contributed by atoms with Gasteiger partial charge in [0.05, 0.1) is 12.2 Å². The van der Waals surface area contributed by atoms with E-state index in [0.717, 1.165) is 32.4 Å². The molecule has 2 heterocycles. The molecule has 1 aliphatic heterocycles. The molecule has 15 heavy (non-hydrogen) atoms. The van der Waals surface area contributed by atoms with Crippen molar-refractivity contribution in [1.29, 1.82) is 0 Å². The van der Waals surface area contributed by atoms with Gasteiger partial charge >= 0.3 is 0 Å². The van der Waals surface area contributed by atoms with E-state index in [1.165, 1.54) is 0 Å². The summed E-state index contributed by atoms with van der Waals surface area (Å²) in [7, 11) is 0. The summed E-state index contributed by atoms with van der Waals surface area (Å²) in [6, 6.07) is 0. The third-order valence-electron chi connectivity index (χ3n) is 2.30. The lowest BCUT2D eigenvalue weighted by Crippen LogP contribution is -2.27. The minimum atomic E-state index is 0.504. The second kappa shape index (κ2) is 4.84. The van der Waals surface area contributed by atoms with E-state index in [9.17, 15) is 4.79 Å². The normalized spacial score (nSPS) is 17.2. The zero-order chi connectivity index (χ0) is 10.5. The molecule has 5 nitrogen and oxygen atoms in total. The highest BCUT2D eigenvalue weighted by Crippen LogP contribution is 2.09. The average Bonchev–Trinajstić information content (AvgIpc) is 2.58. The van der Waals surface area contributed by atoms with Crippen LogP contribution in [-0.4, -0.2) is 42.6 Å². The highest BCUT2D eigenvalue weighted by Gasteiger charge is 2.11. The summed E-state index contributed by atoms with van der Waals surface area (Å²) < 4.78 is 5.34. The zero-order valence-corrected chi connectivity index (χ0v) is 8.43. The number of hydrogen-bond acceptors (Lipinski definition) is 5. The number of nitrogens with zero attached hydrogens (tertiary/aromatic N) is 3. The summed E-state index contributed by atoms with van der Waals surface area (Å²) in [4.78, 5) is 20.8. The lowest BCUT2D eigenvalue weighted by Gasteiger charge is -2.18. The van der Waals surface area contributed by atoms with Crippen LogP contribution in [0.2, 0.25) is 0 Å². The highest BCUT2D eigenvalue weighted by atomic mass is 16.5. The molecule has 1 aromatic rings. The quantitative estimate of drug-likeness (QED) is 0.661. The molecule has 1 saturated heterocycles. The van der Waals surface area contributed by atoms with Crippen LogP contribution in [0.1, 0.15) is 16.8 Å². The summed E-state index contributed by atoms with van der Waals surface area (Å²) in [6.07, 6.45) is 4.82. The molecule has 0 unspecified atom stereocenters. The second-order valence-electron chi connectivity index (χ2n) is 3.39. The summed E-state index contributed by atoms with van der Waals surface area (Å²) >= 11 is 0. The monoisotopic (exact) mass is 207 g/mol. The molecule has 0 aliphatic carbocycles. The van der Waals surface area contributed by atoms with E-state index in [1.807, 2.05) is 0 Å². The smallest absolute Gasteiger partial charge is 0.225 e. The molecule has 2 rings (SSSR count). The minimum Gasteiger partial charge on any atom is -0.380 e. The first-order valence-corrected chi connectivity index (χ1v) is 5.00. The van der Waals surface area contributed by atoms with Crippen LogP contribution < -0.4 is 4.90 Å². The van der Waals surface area contributed by atoms with Gasteiger partial charge in [-0.15, -0.1) is 0 Å². The van der Waals surface area contributed by atoms with Gasteiger partial charge in [-0.1, -0.05) is 0 Å². The summed E-state index contributed by atoms with van der Waals surface area (Å²) in [5.74, 6) is 0.672. The molecule has 1 aromatic heterocycles. The number of anilines is 1. The van der Waals surface area contributed by atoms with E-state index in [-0.39, 0.29) is 0 Å². The van der Waals surface area contributed by atoms with Crippen molar-refractivity contribution in [3.05, 3.63) is 18.0 Å². The number of ether oxygens (including phenoxy) is 1. The number of carbonyl (C=O) groups is 1. The number of aromatic nitrogens is 2. The maximum atomic E-state index is 10.4. The molecular weight excluding hydrogens is 194 g/mol. The average molecular weight is 207 g/mol. The lowest BCUT2D eigenvalue weighted by molar-refractivity contribution is 0.112. The first-order chi connectivity index (χ1) is 7.40. The van der Waals surface area contributed by atoms with Crippen LogP contribution >= 0.6 is 0 Å². The maximum Gasteiger partial charge on any atom is 0.225 e. The fraction of sp³-hybridized carbons (Fsp3) is 0.500. The molecule has 0 amide bonds. The van der Waals surface area contributed by atoms with E-state index in [0.29, 0.717) is 18.1 Å². The van der Waals surface area contributed by atoms with Crippen molar-refractivity contribution in [3.8, 4) is 0 Å². The molecule has 0 atom stereocenters. The van der Waals surface area contributed by atoms with Crippen molar-refractivity contribution in [3.63, 3.8) is 0 Å². The fourth-order valence-corrected chi connectivity index (χ4v) is 1.50. The number of hydrogen-bond donors (Lipinski definition) is 0. The SMILES string of the molecule is O=Cc1cnc(N2CCCOCC2)nc1. The molecule has 0 bridgehead atoms. The van der Waals surface area contributed by atoms with Crippen molar-refractivity contribution in [2.45, 2.75) is 6.42 Å². The molecule has 0 N–H and O–H groups in total. The largest absolute Gasteiger partial charge is 0.380 e. The van der Waals surface area contributed by atoms with Crippen LogP contribution in [-0.2, 0) is 4.74 Å². The number of aldehydes is 1. The Morgan fingerprint density at radius 2 is 2.07 bits per heavy atom. The zero-order valence-electron chi connectivity index (χ0n) is 8.43. The van der Waals surface area contributed by atoms with Crippen LogP contribution in [0.15, 0.2) is 12.4 Å². The van der Waals surface area contributed by atoms with Crippen molar-refractivity contribution in [2.24, 2.45) is 0 Å². The molecule has 1 fully saturated rings. The van der Waals surface area contributed by atoms with E-state index >= 15 is 0 Å². The van der Waals surface area contributed by atoms with Crippen LogP contribution in [0.5, 0.6) is 0 Å². The molecule has 0 saturated carbocycles. The summed E-state index contributed by atoms with van der Waals surface area (Å²) in [5.41, 5.74) is 0.504. The number of rotatable bonds is 2. The first kappa shape index (κ1) is 10.0. The van der Waals surface area contributed by atoms with Crippen LogP contribution in [0.25, 0.3) is 0 Å². The molecule has 0 radical (unpaired) electrons. The second-order valence-corrected chi connectivity index (χ2v) is 3.39. The Bertz CT molecular complexity index is 318. The molecule has 0 spiro atoms. The fourth-order valence-electron chi connectivity index (χ4n) is 1.50. The third-order valence-corrected chi connectivity index (χ3v) is 2.30. The van der Waals surface area contributed by atoms with Gasteiger partial charge in [-0.3, -0.25) is 4.79 Å². The van der Waals surface area contributed by atoms with Gasteiger partial charge in [-0.2, -0.15) is 0 Å². The van der Waals surface area contributed by atoms with Gasteiger partial charge in [0, 0.05) is 32.1 Å². The topological polar surface area (TPSA) is 55.3 Å². The standard InChI is InChI=1S/C10H13N3O2/c14-8-9-6-11-10(12-7-9)13-2-1-4-15-5-3-13/h6-8H,1-5H2. The molecule has 0 aromatic carbocycles. The van der Waals surface area contributed by atoms with Gasteiger partial charge in [0.15, 0.2) is 6.29 Å². The Hall–Kier alpha value is -1.49. The predicted octanol–water partition coefficient (Wildman–Crippen LogP) is 0.516. The molecule has 5 heteroatoms. The maximum absolute atomic E-state index is 10.4. The van der Waals surface area contributed by atoms with Gasteiger partial charge in [0.1, 0.15) is 0 Å². The van der Waals surface area contributed by atoms with E-state index in [2.05, 4.69) is 14.9 Å².